The van der Waals surface area contributed by atoms with Crippen LogP contribution in [0.25, 0.3) is 0 Å². The SMILES string of the molecule is C=C(F)C(=N)CN[S@@+]([O-])C(C)(C)C. The van der Waals surface area contributed by atoms with Gasteiger partial charge in [0, 0.05) is 11.4 Å². The number of halogens is 1. The predicted octanol–water partition coefficient (Wildman–Crippen LogP) is 1.54. The van der Waals surface area contributed by atoms with Gasteiger partial charge in [0.15, 0.2) is 0 Å². The number of hydrogen-bond acceptors (Lipinski definition) is 3. The van der Waals surface area contributed by atoms with Crippen molar-refractivity contribution in [3.8, 4) is 0 Å². The van der Waals surface area contributed by atoms with Crippen molar-refractivity contribution >= 4 is 17.1 Å². The summed E-state index contributed by atoms with van der Waals surface area (Å²) in [6.45, 7) is 8.30. The molecule has 0 spiro atoms. The largest absolute Gasteiger partial charge is 0.598 e. The van der Waals surface area contributed by atoms with Crippen molar-refractivity contribution in [3.05, 3.63) is 12.4 Å². The lowest BCUT2D eigenvalue weighted by Gasteiger charge is -2.23. The van der Waals surface area contributed by atoms with Crippen molar-refractivity contribution < 1.29 is 8.94 Å². The second-order valence-electron chi connectivity index (χ2n) is 3.59. The van der Waals surface area contributed by atoms with Gasteiger partial charge in [0.05, 0.1) is 12.3 Å². The Labute approximate surface area is 81.2 Å². The van der Waals surface area contributed by atoms with Crippen LogP contribution in [0.3, 0.4) is 0 Å². The maximum Gasteiger partial charge on any atom is 0.138 e. The molecule has 0 aromatic rings. The maximum atomic E-state index is 12.3. The number of rotatable bonds is 4. The van der Waals surface area contributed by atoms with Crippen molar-refractivity contribution in [1.82, 2.24) is 4.72 Å². The van der Waals surface area contributed by atoms with Crippen LogP contribution in [-0.2, 0) is 11.4 Å². The highest BCUT2D eigenvalue weighted by atomic mass is 32.2. The molecular weight excluding hydrogens is 191 g/mol. The Kier molecular flexibility index (Phi) is 4.60. The highest BCUT2D eigenvalue weighted by Crippen LogP contribution is 2.12. The summed E-state index contributed by atoms with van der Waals surface area (Å²) >= 11 is -1.27. The van der Waals surface area contributed by atoms with Gasteiger partial charge in [-0.2, -0.15) is 0 Å². The number of hydrogen-bond donors (Lipinski definition) is 2. The monoisotopic (exact) mass is 206 g/mol. The Morgan fingerprint density at radius 3 is 2.38 bits per heavy atom. The van der Waals surface area contributed by atoms with E-state index in [-0.39, 0.29) is 12.3 Å². The lowest BCUT2D eigenvalue weighted by Crippen LogP contribution is -2.41. The van der Waals surface area contributed by atoms with Crippen LogP contribution < -0.4 is 4.72 Å². The van der Waals surface area contributed by atoms with E-state index in [0.717, 1.165) is 0 Å². The van der Waals surface area contributed by atoms with E-state index in [0.29, 0.717) is 0 Å². The van der Waals surface area contributed by atoms with E-state index in [1.54, 1.807) is 20.8 Å². The molecule has 0 aliphatic rings. The molecule has 0 amide bonds. The number of nitrogens with one attached hydrogen (secondary N) is 2. The second-order valence-corrected chi connectivity index (χ2v) is 5.64. The van der Waals surface area contributed by atoms with Gasteiger partial charge in [0.1, 0.15) is 10.6 Å². The zero-order valence-corrected chi connectivity index (χ0v) is 8.93. The molecule has 0 rings (SSSR count). The zero-order chi connectivity index (χ0) is 10.6. The third kappa shape index (κ3) is 5.02. The van der Waals surface area contributed by atoms with Gasteiger partial charge >= 0.3 is 0 Å². The van der Waals surface area contributed by atoms with Gasteiger partial charge in [-0.05, 0) is 20.8 Å². The van der Waals surface area contributed by atoms with Crippen molar-refractivity contribution in [3.63, 3.8) is 0 Å². The van der Waals surface area contributed by atoms with E-state index in [2.05, 4.69) is 11.3 Å². The molecule has 0 saturated carbocycles. The van der Waals surface area contributed by atoms with Gasteiger partial charge in [0.25, 0.3) is 0 Å². The highest BCUT2D eigenvalue weighted by Gasteiger charge is 2.26. The second kappa shape index (κ2) is 4.74. The summed E-state index contributed by atoms with van der Waals surface area (Å²) in [6, 6.07) is 0. The normalized spacial score (nSPS) is 13.9. The molecule has 0 aliphatic heterocycles. The molecule has 13 heavy (non-hydrogen) atoms. The van der Waals surface area contributed by atoms with Gasteiger partial charge in [-0.25, -0.2) is 4.39 Å². The van der Waals surface area contributed by atoms with Gasteiger partial charge in [-0.3, -0.25) is 0 Å². The topological polar surface area (TPSA) is 58.9 Å². The average Bonchev–Trinajstić information content (AvgIpc) is 1.97. The van der Waals surface area contributed by atoms with Crippen LogP contribution in [0.15, 0.2) is 12.4 Å². The predicted molar refractivity (Wildman–Crippen MR) is 53.9 cm³/mol. The molecule has 0 aliphatic carbocycles. The third-order valence-electron chi connectivity index (χ3n) is 1.26. The van der Waals surface area contributed by atoms with Crippen LogP contribution in [0.2, 0.25) is 0 Å². The van der Waals surface area contributed by atoms with E-state index in [4.69, 9.17) is 5.41 Å². The summed E-state index contributed by atoms with van der Waals surface area (Å²) in [5, 5.41) is 7.07. The standard InChI is InChI=1S/C8H15FN2OS/c1-6(9)7(10)5-11-13(12)8(2,3)4/h10-11H,1,5H2,2-4H3/t13-/m0/s1. The smallest absolute Gasteiger partial charge is 0.138 e. The fourth-order valence-corrected chi connectivity index (χ4v) is 1.16. The molecule has 0 aromatic carbocycles. The van der Waals surface area contributed by atoms with Crippen molar-refractivity contribution in [2.75, 3.05) is 6.54 Å². The van der Waals surface area contributed by atoms with Gasteiger partial charge in [0.2, 0.25) is 0 Å². The fourth-order valence-electron chi connectivity index (χ4n) is 0.450. The molecule has 0 unspecified atom stereocenters. The molecule has 2 N–H and O–H groups in total. The Morgan fingerprint density at radius 2 is 2.08 bits per heavy atom. The van der Waals surface area contributed by atoms with Gasteiger partial charge < -0.3 is 9.96 Å². The Hall–Kier alpha value is -0.390. The molecule has 5 heteroatoms. The minimum Gasteiger partial charge on any atom is -0.598 e. The minimum atomic E-state index is -1.27. The van der Waals surface area contributed by atoms with E-state index in [1.807, 2.05) is 0 Å². The van der Waals surface area contributed by atoms with E-state index in [9.17, 15) is 8.94 Å². The molecule has 1 atom stereocenters. The van der Waals surface area contributed by atoms with Crippen LogP contribution in [0.5, 0.6) is 0 Å². The highest BCUT2D eigenvalue weighted by molar-refractivity contribution is 7.90. The van der Waals surface area contributed by atoms with Crippen molar-refractivity contribution in [1.29, 1.82) is 5.41 Å². The average molecular weight is 206 g/mol. The Morgan fingerprint density at radius 1 is 1.62 bits per heavy atom. The molecule has 76 valence electrons. The van der Waals surface area contributed by atoms with Crippen molar-refractivity contribution in [2.24, 2.45) is 0 Å². The lowest BCUT2D eigenvalue weighted by atomic mass is 10.3. The first kappa shape index (κ1) is 12.6. The van der Waals surface area contributed by atoms with Crippen molar-refractivity contribution in [2.45, 2.75) is 25.5 Å². The third-order valence-corrected chi connectivity index (χ3v) is 2.78. The first-order valence-electron chi connectivity index (χ1n) is 3.82. The Bertz CT molecular complexity index is 213. The molecule has 0 fully saturated rings. The van der Waals surface area contributed by atoms with Crippen LogP contribution in [0.1, 0.15) is 20.8 Å². The summed E-state index contributed by atoms with van der Waals surface area (Å²) in [5.41, 5.74) is -0.266. The molecule has 0 radical (unpaired) electrons. The van der Waals surface area contributed by atoms with E-state index in [1.165, 1.54) is 0 Å². The summed E-state index contributed by atoms with van der Waals surface area (Å²) in [7, 11) is 0. The lowest BCUT2D eigenvalue weighted by molar-refractivity contribution is 0.548. The zero-order valence-electron chi connectivity index (χ0n) is 8.11. The van der Waals surface area contributed by atoms with Gasteiger partial charge in [-0.1, -0.05) is 6.58 Å². The first-order valence-corrected chi connectivity index (χ1v) is 4.97. The van der Waals surface area contributed by atoms with Crippen LogP contribution in [0.4, 0.5) is 4.39 Å². The molecule has 0 aromatic heterocycles. The van der Waals surface area contributed by atoms with Gasteiger partial charge in [-0.15, -0.1) is 4.72 Å². The van der Waals surface area contributed by atoms with Crippen LogP contribution in [0, 0.1) is 5.41 Å². The summed E-state index contributed by atoms with van der Waals surface area (Å²) in [5.74, 6) is -0.793. The van der Waals surface area contributed by atoms with Crippen LogP contribution in [-0.4, -0.2) is 21.6 Å². The summed E-state index contributed by atoms with van der Waals surface area (Å²) in [6.07, 6.45) is 0. The molecular formula is C8H15FN2OS. The summed E-state index contributed by atoms with van der Waals surface area (Å²) < 4.78 is 25.8. The Balaban J connectivity index is 3.91. The molecule has 0 heterocycles. The molecule has 3 nitrogen and oxygen atoms in total. The van der Waals surface area contributed by atoms with E-state index < -0.39 is 21.9 Å². The van der Waals surface area contributed by atoms with Crippen LogP contribution >= 0.6 is 0 Å². The first-order chi connectivity index (χ1) is 5.75. The summed E-state index contributed by atoms with van der Waals surface area (Å²) in [4.78, 5) is 0. The maximum absolute atomic E-state index is 12.3. The molecule has 0 saturated heterocycles. The quantitative estimate of drug-likeness (QED) is 0.541. The molecule has 0 bridgehead atoms. The van der Waals surface area contributed by atoms with E-state index >= 15 is 0 Å². The fraction of sp³-hybridized carbons (Fsp3) is 0.625. The minimum absolute atomic E-state index is 0.0563.